The number of pyridine rings is 1. The third kappa shape index (κ3) is 1.75. The molecule has 0 aliphatic carbocycles. The predicted molar refractivity (Wildman–Crippen MR) is 41.8 cm³/mol. The molecule has 1 rings (SSSR count). The van der Waals surface area contributed by atoms with E-state index in [1.807, 2.05) is 0 Å². The highest BCUT2D eigenvalue weighted by molar-refractivity contribution is 6.30. The van der Waals surface area contributed by atoms with Gasteiger partial charge in [-0.05, 0) is 13.0 Å². The monoisotopic (exact) mass is 151 g/mol. The second-order valence-corrected chi connectivity index (χ2v) is 2.20. The number of hydrogen-bond acceptors (Lipinski definition) is 1. The summed E-state index contributed by atoms with van der Waals surface area (Å²) in [5.74, 6) is 5.61. The fraction of sp³-hybridized carbons (Fsp3) is 0.125. The zero-order valence-corrected chi connectivity index (χ0v) is 6.31. The molecule has 50 valence electrons. The quantitative estimate of drug-likeness (QED) is 0.518. The molecule has 1 nitrogen and oxygen atoms in total. The molecule has 0 bridgehead atoms. The highest BCUT2D eigenvalue weighted by atomic mass is 35.5. The summed E-state index contributed by atoms with van der Waals surface area (Å²) in [6.45, 7) is 1.78. The lowest BCUT2D eigenvalue weighted by molar-refractivity contribution is 1.31. The lowest BCUT2D eigenvalue weighted by Crippen LogP contribution is -1.76. The van der Waals surface area contributed by atoms with E-state index in [0.29, 0.717) is 5.02 Å². The van der Waals surface area contributed by atoms with Crippen molar-refractivity contribution in [2.45, 2.75) is 6.92 Å². The first-order valence-electron chi connectivity index (χ1n) is 2.86. The topological polar surface area (TPSA) is 12.9 Å². The molecule has 1 heterocycles. The van der Waals surface area contributed by atoms with Crippen molar-refractivity contribution < 1.29 is 0 Å². The molecular formula is C8H6ClN. The SMILES string of the molecule is CC#Cc1cncc(Cl)c1. The van der Waals surface area contributed by atoms with Crippen LogP contribution in [0.4, 0.5) is 0 Å². The van der Waals surface area contributed by atoms with Gasteiger partial charge in [-0.1, -0.05) is 17.5 Å². The van der Waals surface area contributed by atoms with E-state index in [-0.39, 0.29) is 0 Å². The van der Waals surface area contributed by atoms with Crippen LogP contribution in [-0.2, 0) is 0 Å². The van der Waals surface area contributed by atoms with Crippen molar-refractivity contribution in [2.24, 2.45) is 0 Å². The van der Waals surface area contributed by atoms with Gasteiger partial charge in [-0.2, -0.15) is 0 Å². The molecule has 0 aromatic carbocycles. The average molecular weight is 152 g/mol. The Morgan fingerprint density at radius 2 is 2.30 bits per heavy atom. The maximum Gasteiger partial charge on any atom is 0.0601 e. The van der Waals surface area contributed by atoms with Gasteiger partial charge in [0.25, 0.3) is 0 Å². The Balaban J connectivity index is 3.03. The first-order valence-corrected chi connectivity index (χ1v) is 3.24. The van der Waals surface area contributed by atoms with Crippen molar-refractivity contribution in [3.05, 3.63) is 29.0 Å². The number of rotatable bonds is 0. The predicted octanol–water partition coefficient (Wildman–Crippen LogP) is 2.11. The lowest BCUT2D eigenvalue weighted by atomic mass is 10.3. The van der Waals surface area contributed by atoms with E-state index < -0.39 is 0 Å². The molecule has 0 saturated carbocycles. The van der Waals surface area contributed by atoms with Crippen LogP contribution in [0.3, 0.4) is 0 Å². The van der Waals surface area contributed by atoms with Crippen molar-refractivity contribution in [3.63, 3.8) is 0 Å². The molecule has 0 amide bonds. The highest BCUT2D eigenvalue weighted by Gasteiger charge is 1.87. The normalized spacial score (nSPS) is 8.20. The first kappa shape index (κ1) is 7.11. The number of nitrogens with zero attached hydrogens (tertiary/aromatic N) is 1. The zero-order valence-electron chi connectivity index (χ0n) is 5.56. The summed E-state index contributed by atoms with van der Waals surface area (Å²) < 4.78 is 0. The Morgan fingerprint density at radius 3 is 2.90 bits per heavy atom. The van der Waals surface area contributed by atoms with Crippen molar-refractivity contribution in [1.82, 2.24) is 4.98 Å². The lowest BCUT2D eigenvalue weighted by Gasteiger charge is -1.88. The summed E-state index contributed by atoms with van der Waals surface area (Å²) in [6, 6.07) is 1.78. The van der Waals surface area contributed by atoms with Gasteiger partial charge in [0.2, 0.25) is 0 Å². The van der Waals surface area contributed by atoms with E-state index in [9.17, 15) is 0 Å². The van der Waals surface area contributed by atoms with Crippen LogP contribution >= 0.6 is 11.6 Å². The molecule has 0 aliphatic heterocycles. The molecule has 2 heteroatoms. The van der Waals surface area contributed by atoms with Crippen molar-refractivity contribution in [2.75, 3.05) is 0 Å². The van der Waals surface area contributed by atoms with E-state index in [1.165, 1.54) is 0 Å². The van der Waals surface area contributed by atoms with Crippen LogP contribution in [0.1, 0.15) is 12.5 Å². The van der Waals surface area contributed by atoms with E-state index in [2.05, 4.69) is 16.8 Å². The van der Waals surface area contributed by atoms with Crippen LogP contribution in [0, 0.1) is 11.8 Å². The molecule has 0 atom stereocenters. The summed E-state index contributed by atoms with van der Waals surface area (Å²) >= 11 is 5.65. The first-order chi connectivity index (χ1) is 4.83. The van der Waals surface area contributed by atoms with Gasteiger partial charge in [0.1, 0.15) is 0 Å². The van der Waals surface area contributed by atoms with Crippen molar-refractivity contribution in [3.8, 4) is 11.8 Å². The fourth-order valence-corrected chi connectivity index (χ4v) is 0.798. The molecular weight excluding hydrogens is 146 g/mol. The van der Waals surface area contributed by atoms with E-state index in [1.54, 1.807) is 25.4 Å². The minimum absolute atomic E-state index is 0.625. The van der Waals surface area contributed by atoms with Gasteiger partial charge in [0, 0.05) is 18.0 Å². The van der Waals surface area contributed by atoms with Crippen LogP contribution < -0.4 is 0 Å². The number of aromatic nitrogens is 1. The Morgan fingerprint density at radius 1 is 1.50 bits per heavy atom. The fourth-order valence-electron chi connectivity index (χ4n) is 0.625. The molecule has 0 N–H and O–H groups in total. The molecule has 0 aliphatic rings. The molecule has 1 aromatic heterocycles. The zero-order chi connectivity index (χ0) is 7.40. The standard InChI is InChI=1S/C8H6ClN/c1-2-3-7-4-8(9)6-10-5-7/h4-6H,1H3. The molecule has 0 fully saturated rings. The third-order valence-corrected chi connectivity index (χ3v) is 1.18. The maximum absolute atomic E-state index is 5.65. The van der Waals surface area contributed by atoms with Gasteiger partial charge in [-0.25, -0.2) is 0 Å². The summed E-state index contributed by atoms with van der Waals surface area (Å²) in [4.78, 5) is 3.87. The molecule has 0 spiro atoms. The van der Waals surface area contributed by atoms with Crippen LogP contribution in [0.2, 0.25) is 5.02 Å². The van der Waals surface area contributed by atoms with E-state index >= 15 is 0 Å². The Bertz CT molecular complexity index is 283. The largest absolute Gasteiger partial charge is 0.262 e. The van der Waals surface area contributed by atoms with Gasteiger partial charge in [0.05, 0.1) is 5.02 Å². The average Bonchev–Trinajstić information content (AvgIpc) is 1.88. The van der Waals surface area contributed by atoms with E-state index in [0.717, 1.165) is 5.56 Å². The summed E-state index contributed by atoms with van der Waals surface area (Å²) in [6.07, 6.45) is 3.27. The molecule has 0 radical (unpaired) electrons. The highest BCUT2D eigenvalue weighted by Crippen LogP contribution is 2.06. The van der Waals surface area contributed by atoms with Crippen molar-refractivity contribution in [1.29, 1.82) is 0 Å². The van der Waals surface area contributed by atoms with Crippen LogP contribution in [-0.4, -0.2) is 4.98 Å². The van der Waals surface area contributed by atoms with Gasteiger partial charge in [0.15, 0.2) is 0 Å². The number of halogens is 1. The third-order valence-electron chi connectivity index (χ3n) is 0.974. The molecule has 0 saturated heterocycles. The Hall–Kier alpha value is -1.00. The maximum atomic E-state index is 5.65. The van der Waals surface area contributed by atoms with Crippen LogP contribution in [0.25, 0.3) is 0 Å². The summed E-state index contributed by atoms with van der Waals surface area (Å²) in [7, 11) is 0. The Labute approximate surface area is 65.0 Å². The smallest absolute Gasteiger partial charge is 0.0601 e. The molecule has 0 unspecified atom stereocenters. The summed E-state index contributed by atoms with van der Waals surface area (Å²) in [5.41, 5.74) is 0.856. The van der Waals surface area contributed by atoms with Gasteiger partial charge < -0.3 is 0 Å². The van der Waals surface area contributed by atoms with Gasteiger partial charge in [-0.3, -0.25) is 4.98 Å². The minimum Gasteiger partial charge on any atom is -0.262 e. The molecule has 1 aromatic rings. The summed E-state index contributed by atoms with van der Waals surface area (Å²) in [5, 5.41) is 0.625. The van der Waals surface area contributed by atoms with Crippen LogP contribution in [0.5, 0.6) is 0 Å². The second kappa shape index (κ2) is 3.24. The number of hydrogen-bond donors (Lipinski definition) is 0. The minimum atomic E-state index is 0.625. The molecule has 10 heavy (non-hydrogen) atoms. The van der Waals surface area contributed by atoms with Gasteiger partial charge in [-0.15, -0.1) is 5.92 Å². The second-order valence-electron chi connectivity index (χ2n) is 1.77. The Kier molecular flexibility index (Phi) is 2.30. The van der Waals surface area contributed by atoms with Crippen molar-refractivity contribution >= 4 is 11.6 Å². The van der Waals surface area contributed by atoms with Crippen LogP contribution in [0.15, 0.2) is 18.5 Å². The van der Waals surface area contributed by atoms with Gasteiger partial charge >= 0.3 is 0 Å². The van der Waals surface area contributed by atoms with E-state index in [4.69, 9.17) is 11.6 Å².